The molecular weight excluding hydrogens is 286 g/mol. The number of nitrogens with zero attached hydrogens (tertiary/aromatic N) is 1. The van der Waals surface area contributed by atoms with Gasteiger partial charge >= 0.3 is 6.09 Å². The largest absolute Gasteiger partial charge is 0.444 e. The quantitative estimate of drug-likeness (QED) is 0.643. The molecule has 7 heteroatoms. The Morgan fingerprint density at radius 3 is 2.59 bits per heavy atom. The number of amides is 1. The van der Waals surface area contributed by atoms with Gasteiger partial charge in [-0.2, -0.15) is 0 Å². The van der Waals surface area contributed by atoms with Crippen molar-refractivity contribution in [1.29, 1.82) is 0 Å². The maximum absolute atomic E-state index is 11.6. The number of alkyl carbamates (subject to hydrolysis) is 1. The van der Waals surface area contributed by atoms with Gasteiger partial charge < -0.3 is 15.4 Å². The standard InChI is InChI=1S/C15H23N3O4/c1-10-6-7-12(18(20)21)8-13(10)17-11(2)9-16-14(19)22-15(3,4)5/h6-8,11,17H,9H2,1-5H3,(H,16,19). The highest BCUT2D eigenvalue weighted by Gasteiger charge is 2.17. The molecule has 0 saturated carbocycles. The number of non-ortho nitro benzene ring substituents is 1. The SMILES string of the molecule is Cc1ccc([N+](=O)[O-])cc1NC(C)CNC(=O)OC(C)(C)C. The van der Waals surface area contributed by atoms with Crippen LogP contribution in [0.25, 0.3) is 0 Å². The van der Waals surface area contributed by atoms with E-state index < -0.39 is 16.6 Å². The molecule has 2 N–H and O–H groups in total. The normalized spacial score (nSPS) is 12.4. The number of benzene rings is 1. The van der Waals surface area contributed by atoms with Crippen molar-refractivity contribution in [3.63, 3.8) is 0 Å². The molecule has 122 valence electrons. The van der Waals surface area contributed by atoms with E-state index in [-0.39, 0.29) is 11.7 Å². The summed E-state index contributed by atoms with van der Waals surface area (Å²) in [6, 6.07) is 4.53. The van der Waals surface area contributed by atoms with Crippen molar-refractivity contribution in [3.05, 3.63) is 33.9 Å². The topological polar surface area (TPSA) is 93.5 Å². The lowest BCUT2D eigenvalue weighted by Gasteiger charge is -2.21. The first-order valence-electron chi connectivity index (χ1n) is 7.07. The predicted molar refractivity (Wildman–Crippen MR) is 85.2 cm³/mol. The Morgan fingerprint density at radius 2 is 2.05 bits per heavy atom. The number of nitrogens with one attached hydrogen (secondary N) is 2. The summed E-state index contributed by atoms with van der Waals surface area (Å²) in [4.78, 5) is 21.9. The summed E-state index contributed by atoms with van der Waals surface area (Å²) >= 11 is 0. The Labute approximate surface area is 130 Å². The maximum atomic E-state index is 11.6. The lowest BCUT2D eigenvalue weighted by Crippen LogP contribution is -2.38. The number of ether oxygens (including phenoxy) is 1. The third-order valence-electron chi connectivity index (χ3n) is 2.79. The summed E-state index contributed by atoms with van der Waals surface area (Å²) in [6.45, 7) is 9.45. The van der Waals surface area contributed by atoms with Crippen molar-refractivity contribution in [2.45, 2.75) is 46.3 Å². The van der Waals surface area contributed by atoms with Gasteiger partial charge in [0.2, 0.25) is 0 Å². The Morgan fingerprint density at radius 1 is 1.41 bits per heavy atom. The van der Waals surface area contributed by atoms with Crippen LogP contribution in [0.3, 0.4) is 0 Å². The number of hydrogen-bond acceptors (Lipinski definition) is 5. The third kappa shape index (κ3) is 5.99. The molecule has 0 aliphatic carbocycles. The van der Waals surface area contributed by atoms with Gasteiger partial charge in [0.05, 0.1) is 4.92 Å². The first-order chi connectivity index (χ1) is 10.1. The van der Waals surface area contributed by atoms with Crippen LogP contribution in [0, 0.1) is 17.0 Å². The molecule has 0 aliphatic rings. The second-order valence-electron chi connectivity index (χ2n) is 6.18. The Kier molecular flexibility index (Phi) is 5.73. The van der Waals surface area contributed by atoms with Crippen LogP contribution >= 0.6 is 0 Å². The van der Waals surface area contributed by atoms with E-state index in [0.717, 1.165) is 5.56 Å². The van der Waals surface area contributed by atoms with Gasteiger partial charge in [-0.25, -0.2) is 4.79 Å². The fourth-order valence-corrected chi connectivity index (χ4v) is 1.75. The zero-order chi connectivity index (χ0) is 16.9. The first-order valence-corrected chi connectivity index (χ1v) is 7.07. The van der Waals surface area contributed by atoms with Crippen LogP contribution < -0.4 is 10.6 Å². The molecule has 0 saturated heterocycles. The molecule has 1 aromatic rings. The molecule has 0 heterocycles. The minimum absolute atomic E-state index is 0.0281. The van der Waals surface area contributed by atoms with E-state index in [9.17, 15) is 14.9 Å². The monoisotopic (exact) mass is 309 g/mol. The molecule has 0 aromatic heterocycles. The van der Waals surface area contributed by atoms with E-state index in [2.05, 4.69) is 10.6 Å². The number of nitro benzene ring substituents is 1. The molecular formula is C15H23N3O4. The number of rotatable bonds is 5. The van der Waals surface area contributed by atoms with Crippen LogP contribution in [-0.4, -0.2) is 29.2 Å². The lowest BCUT2D eigenvalue weighted by molar-refractivity contribution is -0.384. The van der Waals surface area contributed by atoms with Crippen molar-refractivity contribution in [3.8, 4) is 0 Å². The summed E-state index contributed by atoms with van der Waals surface area (Å²) in [5, 5.41) is 16.6. The molecule has 0 radical (unpaired) electrons. The van der Waals surface area contributed by atoms with E-state index in [1.165, 1.54) is 12.1 Å². The molecule has 0 fully saturated rings. The molecule has 0 bridgehead atoms. The average molecular weight is 309 g/mol. The summed E-state index contributed by atoms with van der Waals surface area (Å²) in [7, 11) is 0. The number of carbonyl (C=O) groups excluding carboxylic acids is 1. The van der Waals surface area contributed by atoms with Gasteiger partial charge in [-0.15, -0.1) is 0 Å². The molecule has 7 nitrogen and oxygen atoms in total. The number of carbonyl (C=O) groups is 1. The van der Waals surface area contributed by atoms with Crippen molar-refractivity contribution in [1.82, 2.24) is 5.32 Å². The minimum Gasteiger partial charge on any atom is -0.444 e. The molecule has 1 aromatic carbocycles. The van der Waals surface area contributed by atoms with Crippen LogP contribution in [0.4, 0.5) is 16.2 Å². The van der Waals surface area contributed by atoms with Crippen LogP contribution in [0.5, 0.6) is 0 Å². The van der Waals surface area contributed by atoms with Gasteiger partial charge in [-0.1, -0.05) is 6.07 Å². The molecule has 1 amide bonds. The van der Waals surface area contributed by atoms with Crippen LogP contribution in [-0.2, 0) is 4.74 Å². The Hall–Kier alpha value is -2.31. The van der Waals surface area contributed by atoms with Gasteiger partial charge in [0.25, 0.3) is 5.69 Å². The van der Waals surface area contributed by atoms with Crippen molar-refractivity contribution >= 4 is 17.5 Å². The van der Waals surface area contributed by atoms with Gasteiger partial charge in [0.15, 0.2) is 0 Å². The molecule has 22 heavy (non-hydrogen) atoms. The summed E-state index contributed by atoms with van der Waals surface area (Å²) < 4.78 is 5.15. The smallest absolute Gasteiger partial charge is 0.407 e. The van der Waals surface area contributed by atoms with E-state index in [0.29, 0.717) is 12.2 Å². The second kappa shape index (κ2) is 7.11. The Balaban J connectivity index is 2.58. The summed E-state index contributed by atoms with van der Waals surface area (Å²) in [5.74, 6) is 0. The van der Waals surface area contributed by atoms with Gasteiger partial charge in [0, 0.05) is 30.4 Å². The highest BCUT2D eigenvalue weighted by atomic mass is 16.6. The molecule has 1 unspecified atom stereocenters. The molecule has 1 atom stereocenters. The second-order valence-corrected chi connectivity index (χ2v) is 6.18. The highest BCUT2D eigenvalue weighted by Crippen LogP contribution is 2.22. The lowest BCUT2D eigenvalue weighted by atomic mass is 10.1. The number of nitro groups is 1. The van der Waals surface area contributed by atoms with E-state index >= 15 is 0 Å². The molecule has 1 rings (SSSR count). The van der Waals surface area contributed by atoms with E-state index in [1.54, 1.807) is 26.8 Å². The number of hydrogen-bond donors (Lipinski definition) is 2. The van der Waals surface area contributed by atoms with Gasteiger partial charge in [-0.3, -0.25) is 10.1 Å². The predicted octanol–water partition coefficient (Wildman–Crippen LogP) is 3.23. The molecule has 0 aliphatic heterocycles. The maximum Gasteiger partial charge on any atom is 0.407 e. The fourth-order valence-electron chi connectivity index (χ4n) is 1.75. The summed E-state index contributed by atoms with van der Waals surface area (Å²) in [5.41, 5.74) is 1.06. The van der Waals surface area contributed by atoms with Crippen LogP contribution in [0.1, 0.15) is 33.3 Å². The zero-order valence-electron chi connectivity index (χ0n) is 13.6. The average Bonchev–Trinajstić information content (AvgIpc) is 2.36. The fraction of sp³-hybridized carbons (Fsp3) is 0.533. The van der Waals surface area contributed by atoms with Crippen LogP contribution in [0.15, 0.2) is 18.2 Å². The number of aryl methyl sites for hydroxylation is 1. The molecule has 0 spiro atoms. The van der Waals surface area contributed by atoms with Crippen molar-refractivity contribution in [2.75, 3.05) is 11.9 Å². The van der Waals surface area contributed by atoms with Crippen LogP contribution in [0.2, 0.25) is 0 Å². The van der Waals surface area contributed by atoms with E-state index in [4.69, 9.17) is 4.74 Å². The summed E-state index contributed by atoms with van der Waals surface area (Å²) in [6.07, 6.45) is -0.489. The van der Waals surface area contributed by atoms with Crippen molar-refractivity contribution < 1.29 is 14.5 Å². The zero-order valence-corrected chi connectivity index (χ0v) is 13.6. The van der Waals surface area contributed by atoms with Gasteiger partial charge in [-0.05, 0) is 40.2 Å². The highest BCUT2D eigenvalue weighted by molar-refractivity contribution is 5.67. The van der Waals surface area contributed by atoms with Gasteiger partial charge in [0.1, 0.15) is 5.60 Å². The third-order valence-corrected chi connectivity index (χ3v) is 2.79. The first kappa shape index (κ1) is 17.7. The Bertz CT molecular complexity index is 552. The van der Waals surface area contributed by atoms with Crippen molar-refractivity contribution in [2.24, 2.45) is 0 Å². The van der Waals surface area contributed by atoms with E-state index in [1.807, 2.05) is 13.8 Å². The minimum atomic E-state index is -0.544. The number of anilines is 1.